The quantitative estimate of drug-likeness (QED) is 0.0286. The van der Waals surface area contributed by atoms with E-state index in [1.165, 1.54) is 0 Å². The van der Waals surface area contributed by atoms with Gasteiger partial charge < -0.3 is 41.7 Å². The Morgan fingerprint density at radius 1 is 0.592 bits per heavy atom. The van der Waals surface area contributed by atoms with E-state index in [0.29, 0.717) is 52.5 Å². The summed E-state index contributed by atoms with van der Waals surface area (Å²) in [5.41, 5.74) is 22.7. The molecule has 2 fully saturated rings. The number of H-pyrrole nitrogens is 1. The van der Waals surface area contributed by atoms with Crippen LogP contribution in [-0.4, -0.2) is 85.4 Å². The first-order chi connectivity index (χ1) is 36.5. The monoisotopic (exact) mass is 1070 g/mol. The fraction of sp³-hybridized carbons (Fsp3) is 0.255. The standard InChI is InChI=1S/C55H53N7O12S2/c56-41(23-30-5-13-36(14-6-30)72-38-17-9-32(10-18-38)25-46-50(66)61-54(70)75-46)45(63)28-34(27-35-29-59-43-4-2-1-3-40(35)43)52(68)74-53(69)44(21-22-48(58)64)60-49(65)42(57)24-31-7-15-37(16-8-31)73-39-19-11-33(12-20-39)26-47-51(67)62-55(71)76-47/h1-20,29,34,41-42,44,46-47,59H,21-28,56-57H2,(H2,58,64)(H,60,65)(H,61,66,70)(H,62,67,71). The number of carbonyl (C=O) groups excluding carboxylic acids is 9. The van der Waals surface area contributed by atoms with Crippen LogP contribution in [0.4, 0.5) is 9.59 Å². The number of aromatic amines is 1. The molecule has 6 atom stereocenters. The van der Waals surface area contributed by atoms with E-state index in [1.807, 2.05) is 36.4 Å². The number of hydrogen-bond donors (Lipinski definition) is 7. The van der Waals surface area contributed by atoms with E-state index in [-0.39, 0.29) is 54.4 Å². The minimum absolute atomic E-state index is 0.0134. The minimum Gasteiger partial charge on any atom is -0.457 e. The van der Waals surface area contributed by atoms with E-state index in [1.54, 1.807) is 91.1 Å². The Labute approximate surface area is 444 Å². The smallest absolute Gasteiger partial charge is 0.336 e. The Balaban J connectivity index is 0.859. The van der Waals surface area contributed by atoms with Gasteiger partial charge in [0.1, 0.15) is 29.0 Å². The third-order valence-electron chi connectivity index (χ3n) is 12.6. The molecular weight excluding hydrogens is 1010 g/mol. The summed E-state index contributed by atoms with van der Waals surface area (Å²) in [4.78, 5) is 117. The summed E-state index contributed by atoms with van der Waals surface area (Å²) in [7, 11) is 0. The molecular formula is C55H53N7O12S2. The van der Waals surface area contributed by atoms with Crippen LogP contribution >= 0.6 is 23.5 Å². The number of nitrogens with two attached hydrogens (primary N) is 3. The van der Waals surface area contributed by atoms with Gasteiger partial charge in [-0.3, -0.25) is 49.0 Å². The van der Waals surface area contributed by atoms with Crippen molar-refractivity contribution < 1.29 is 57.4 Å². The van der Waals surface area contributed by atoms with Gasteiger partial charge in [-0.1, -0.05) is 90.3 Å². The van der Waals surface area contributed by atoms with E-state index in [9.17, 15) is 43.2 Å². The van der Waals surface area contributed by atoms with E-state index < -0.39 is 70.5 Å². The molecule has 0 saturated carbocycles. The molecule has 0 bridgehead atoms. The molecule has 76 heavy (non-hydrogen) atoms. The number of amides is 6. The molecule has 1 aromatic heterocycles. The van der Waals surface area contributed by atoms with Crippen molar-refractivity contribution >= 4 is 86.3 Å². The maximum atomic E-state index is 14.0. The zero-order valence-corrected chi connectivity index (χ0v) is 42.3. The number of hydrogen-bond acceptors (Lipinski definition) is 16. The van der Waals surface area contributed by atoms with Crippen LogP contribution < -0.4 is 42.6 Å². The molecule has 392 valence electrons. The molecule has 6 amide bonds. The average Bonchev–Trinajstić information content (AvgIpc) is 4.07. The molecule has 2 aliphatic heterocycles. The number of ether oxygens (including phenoxy) is 3. The minimum atomic E-state index is -1.51. The molecule has 0 aliphatic carbocycles. The number of para-hydroxylation sites is 1. The van der Waals surface area contributed by atoms with Gasteiger partial charge in [0, 0.05) is 29.9 Å². The van der Waals surface area contributed by atoms with E-state index in [4.69, 9.17) is 31.4 Å². The summed E-state index contributed by atoms with van der Waals surface area (Å²) in [6.45, 7) is 0. The predicted octanol–water partition coefficient (Wildman–Crippen LogP) is 5.62. The number of Topliss-reactive ketones (excluding diaryl/α,β-unsaturated/α-hetero) is 1. The lowest BCUT2D eigenvalue weighted by Crippen LogP contribution is -2.50. The number of esters is 2. The molecule has 2 aliphatic rings. The zero-order valence-electron chi connectivity index (χ0n) is 40.7. The van der Waals surface area contributed by atoms with Gasteiger partial charge in [0.2, 0.25) is 23.6 Å². The van der Waals surface area contributed by atoms with Crippen molar-refractivity contribution in [3.63, 3.8) is 0 Å². The van der Waals surface area contributed by atoms with Crippen LogP contribution in [0.1, 0.15) is 47.1 Å². The van der Waals surface area contributed by atoms with Crippen LogP contribution in [0.25, 0.3) is 10.9 Å². The van der Waals surface area contributed by atoms with Gasteiger partial charge in [-0.05, 0) is 121 Å². The number of ketones is 1. The van der Waals surface area contributed by atoms with Crippen molar-refractivity contribution in [3.05, 3.63) is 155 Å². The topological polar surface area (TPSA) is 311 Å². The highest BCUT2D eigenvalue weighted by Gasteiger charge is 2.35. The second kappa shape index (κ2) is 24.9. The van der Waals surface area contributed by atoms with Gasteiger partial charge in [-0.15, -0.1) is 0 Å². The summed E-state index contributed by atoms with van der Waals surface area (Å²) in [5.74, 6) is -3.98. The summed E-state index contributed by atoms with van der Waals surface area (Å²) in [6, 6.07) is 31.6. The van der Waals surface area contributed by atoms with Crippen molar-refractivity contribution in [3.8, 4) is 23.0 Å². The number of benzene rings is 5. The first-order valence-corrected chi connectivity index (χ1v) is 25.9. The largest absolute Gasteiger partial charge is 0.457 e. The van der Waals surface area contributed by atoms with Crippen LogP contribution in [-0.2, 0) is 70.4 Å². The molecule has 6 aromatic rings. The average molecular weight is 1070 g/mol. The summed E-state index contributed by atoms with van der Waals surface area (Å²) < 4.78 is 17.3. The van der Waals surface area contributed by atoms with Crippen molar-refractivity contribution in [1.82, 2.24) is 20.9 Å². The van der Waals surface area contributed by atoms with Crippen LogP contribution in [0, 0.1) is 5.92 Å². The first-order valence-electron chi connectivity index (χ1n) is 24.2. The summed E-state index contributed by atoms with van der Waals surface area (Å²) in [6.07, 6.45) is 1.57. The lowest BCUT2D eigenvalue weighted by atomic mass is 9.90. The Morgan fingerprint density at radius 3 is 1.54 bits per heavy atom. The van der Waals surface area contributed by atoms with E-state index >= 15 is 0 Å². The highest BCUT2D eigenvalue weighted by molar-refractivity contribution is 8.15. The first kappa shape index (κ1) is 54.2. The van der Waals surface area contributed by atoms with Gasteiger partial charge in [-0.25, -0.2) is 4.79 Å². The third kappa shape index (κ3) is 14.8. The molecule has 0 spiro atoms. The molecule has 8 rings (SSSR count). The molecule has 3 heterocycles. The number of thioether (sulfide) groups is 2. The Hall–Kier alpha value is -8.11. The number of aromatic nitrogens is 1. The van der Waals surface area contributed by atoms with Crippen molar-refractivity contribution in [2.24, 2.45) is 23.1 Å². The highest BCUT2D eigenvalue weighted by atomic mass is 32.2. The third-order valence-corrected chi connectivity index (χ3v) is 14.6. The van der Waals surface area contributed by atoms with Gasteiger partial charge in [0.15, 0.2) is 5.78 Å². The molecule has 6 unspecified atom stereocenters. The lowest BCUT2D eigenvalue weighted by molar-refractivity contribution is -0.165. The fourth-order valence-electron chi connectivity index (χ4n) is 8.51. The predicted molar refractivity (Wildman–Crippen MR) is 283 cm³/mol. The summed E-state index contributed by atoms with van der Waals surface area (Å²) >= 11 is 1.92. The molecule has 2 saturated heterocycles. The van der Waals surface area contributed by atoms with E-state index in [0.717, 1.165) is 45.6 Å². The molecule has 19 nitrogen and oxygen atoms in total. The van der Waals surface area contributed by atoms with Crippen LogP contribution in [0.3, 0.4) is 0 Å². The number of nitrogens with one attached hydrogen (secondary N) is 4. The van der Waals surface area contributed by atoms with Gasteiger partial charge in [0.25, 0.3) is 10.5 Å². The van der Waals surface area contributed by atoms with Crippen LogP contribution in [0.5, 0.6) is 23.0 Å². The maximum absolute atomic E-state index is 14.0. The molecule has 0 radical (unpaired) electrons. The fourth-order valence-corrected chi connectivity index (χ4v) is 10.2. The Kier molecular flexibility index (Phi) is 17.8. The Bertz CT molecular complexity index is 3150. The molecule has 10 N–H and O–H groups in total. The number of fused-ring (bicyclic) bond motifs is 1. The zero-order chi connectivity index (χ0) is 53.9. The number of carbonyl (C=O) groups is 9. The summed E-state index contributed by atoms with van der Waals surface area (Å²) in [5, 5.41) is 6.17. The van der Waals surface area contributed by atoms with Gasteiger partial charge in [0.05, 0.1) is 28.5 Å². The van der Waals surface area contributed by atoms with E-state index in [2.05, 4.69) is 20.9 Å². The van der Waals surface area contributed by atoms with Gasteiger partial charge in [-0.2, -0.15) is 0 Å². The van der Waals surface area contributed by atoms with Crippen molar-refractivity contribution in [2.45, 2.75) is 80.0 Å². The number of rotatable bonds is 24. The normalized spacial score (nSPS) is 16.8. The van der Waals surface area contributed by atoms with Gasteiger partial charge >= 0.3 is 11.9 Å². The molecule has 21 heteroatoms. The number of imide groups is 2. The number of primary amides is 1. The lowest BCUT2D eigenvalue weighted by Gasteiger charge is -2.21. The van der Waals surface area contributed by atoms with Crippen molar-refractivity contribution in [2.75, 3.05) is 0 Å². The van der Waals surface area contributed by atoms with Crippen LogP contribution in [0.15, 0.2) is 128 Å². The highest BCUT2D eigenvalue weighted by Crippen LogP contribution is 2.29. The van der Waals surface area contributed by atoms with Crippen LogP contribution in [0.2, 0.25) is 0 Å². The van der Waals surface area contributed by atoms with Crippen molar-refractivity contribution in [1.29, 1.82) is 0 Å². The second-order valence-corrected chi connectivity index (χ2v) is 20.7. The maximum Gasteiger partial charge on any atom is 0.336 e. The molecule has 5 aromatic carbocycles. The Morgan fingerprint density at radius 2 is 1.07 bits per heavy atom. The SMILES string of the molecule is NC(=O)CCC(NC(=O)C(N)Cc1ccc(Oc2ccc(CC3SC(=O)NC3=O)cc2)cc1)C(=O)OC(=O)C(CC(=O)C(N)Cc1ccc(Oc2ccc(CC3SC(=O)NC3=O)cc2)cc1)Cc1c[nH]c2ccccc12. The second-order valence-electron chi connectivity index (χ2n) is 18.3.